The fourth-order valence-corrected chi connectivity index (χ4v) is 2.63. The molecule has 1 fully saturated rings. The number of rotatable bonds is 8. The Kier molecular flexibility index (Phi) is 9.19. The van der Waals surface area contributed by atoms with Gasteiger partial charge in [-0.1, -0.05) is 0 Å². The van der Waals surface area contributed by atoms with Gasteiger partial charge in [0.2, 0.25) is 11.8 Å². The van der Waals surface area contributed by atoms with Crippen LogP contribution in [0.4, 0.5) is 5.69 Å². The van der Waals surface area contributed by atoms with E-state index in [4.69, 9.17) is 10.5 Å². The molecule has 0 radical (unpaired) electrons. The molecule has 1 aliphatic heterocycles. The molecule has 0 saturated carbocycles. The van der Waals surface area contributed by atoms with Crippen LogP contribution in [0.2, 0.25) is 0 Å². The van der Waals surface area contributed by atoms with Gasteiger partial charge in [0.05, 0.1) is 13.0 Å². The lowest BCUT2D eigenvalue weighted by Gasteiger charge is -2.22. The largest absolute Gasteiger partial charge is 0.493 e. The Bertz CT molecular complexity index is 516. The third-order valence-corrected chi connectivity index (χ3v) is 3.99. The van der Waals surface area contributed by atoms with Crippen molar-refractivity contribution in [2.45, 2.75) is 32.1 Å². The predicted octanol–water partition coefficient (Wildman–Crippen LogP) is 2.08. The van der Waals surface area contributed by atoms with E-state index in [-0.39, 0.29) is 37.2 Å². The molecule has 6 nitrogen and oxygen atoms in total. The predicted molar refractivity (Wildman–Crippen MR) is 96.5 cm³/mol. The Balaban J connectivity index is 0.00000288. The smallest absolute Gasteiger partial charge is 0.224 e. The Morgan fingerprint density at radius 1 is 1.17 bits per heavy atom. The topological polar surface area (TPSA) is 93.5 Å². The van der Waals surface area contributed by atoms with E-state index < -0.39 is 0 Å². The Labute approximate surface area is 148 Å². The highest BCUT2D eigenvalue weighted by molar-refractivity contribution is 5.90. The number of benzene rings is 1. The first-order valence-electron chi connectivity index (χ1n) is 8.15. The van der Waals surface area contributed by atoms with Crippen molar-refractivity contribution in [1.29, 1.82) is 0 Å². The number of halogens is 1. The molecule has 24 heavy (non-hydrogen) atoms. The van der Waals surface area contributed by atoms with E-state index in [1.54, 1.807) is 24.3 Å². The molecule has 0 bridgehead atoms. The number of anilines is 1. The molecule has 1 aromatic carbocycles. The quantitative estimate of drug-likeness (QED) is 0.665. The maximum atomic E-state index is 12.0. The number of ether oxygens (including phenoxy) is 1. The zero-order valence-corrected chi connectivity index (χ0v) is 14.6. The summed E-state index contributed by atoms with van der Waals surface area (Å²) >= 11 is 0. The highest BCUT2D eigenvalue weighted by atomic mass is 35.5. The van der Waals surface area contributed by atoms with E-state index in [2.05, 4.69) is 10.6 Å². The number of hydrogen-bond donors (Lipinski definition) is 3. The average molecular weight is 356 g/mol. The Hall–Kier alpha value is -1.79. The monoisotopic (exact) mass is 355 g/mol. The van der Waals surface area contributed by atoms with Crippen molar-refractivity contribution in [1.82, 2.24) is 5.32 Å². The van der Waals surface area contributed by atoms with E-state index in [0.717, 1.165) is 38.0 Å². The first-order chi connectivity index (χ1) is 11.1. The summed E-state index contributed by atoms with van der Waals surface area (Å²) in [6.45, 7) is 2.38. The lowest BCUT2D eigenvalue weighted by atomic mass is 9.93. The van der Waals surface area contributed by atoms with Gasteiger partial charge in [-0.15, -0.1) is 12.4 Å². The zero-order chi connectivity index (χ0) is 16.5. The summed E-state index contributed by atoms with van der Waals surface area (Å²) in [6.07, 6.45) is 4.01. The molecule has 0 atom stereocenters. The van der Waals surface area contributed by atoms with E-state index in [1.165, 1.54) is 0 Å². The molecule has 2 rings (SSSR count). The van der Waals surface area contributed by atoms with E-state index in [0.29, 0.717) is 18.1 Å². The fourth-order valence-electron chi connectivity index (χ4n) is 2.63. The van der Waals surface area contributed by atoms with E-state index in [1.807, 2.05) is 0 Å². The molecule has 1 saturated heterocycles. The van der Waals surface area contributed by atoms with Gasteiger partial charge < -0.3 is 21.1 Å². The van der Waals surface area contributed by atoms with Crippen molar-refractivity contribution in [2.75, 3.05) is 25.0 Å². The number of nitrogens with two attached hydrogens (primary N) is 1. The van der Waals surface area contributed by atoms with Gasteiger partial charge in [0.25, 0.3) is 0 Å². The molecule has 134 valence electrons. The van der Waals surface area contributed by atoms with Crippen LogP contribution in [0.25, 0.3) is 0 Å². The van der Waals surface area contributed by atoms with Crippen LogP contribution in [0.15, 0.2) is 24.3 Å². The maximum absolute atomic E-state index is 12.0. The highest BCUT2D eigenvalue weighted by Gasteiger charge is 2.14. The summed E-state index contributed by atoms with van der Waals surface area (Å²) in [5.41, 5.74) is 5.80. The Morgan fingerprint density at radius 2 is 1.83 bits per heavy atom. The van der Waals surface area contributed by atoms with Gasteiger partial charge in [-0.2, -0.15) is 0 Å². The second-order valence-electron chi connectivity index (χ2n) is 5.87. The third kappa shape index (κ3) is 7.66. The van der Waals surface area contributed by atoms with Crippen LogP contribution < -0.4 is 21.1 Å². The number of piperidine rings is 1. The zero-order valence-electron chi connectivity index (χ0n) is 13.8. The van der Waals surface area contributed by atoms with Gasteiger partial charge in [-0.3, -0.25) is 9.59 Å². The lowest BCUT2D eigenvalue weighted by molar-refractivity contribution is -0.118. The number of hydrogen-bond acceptors (Lipinski definition) is 4. The molecule has 0 spiro atoms. The first kappa shape index (κ1) is 20.3. The maximum Gasteiger partial charge on any atom is 0.224 e. The summed E-state index contributed by atoms with van der Waals surface area (Å²) in [4.78, 5) is 22.6. The molecule has 7 heteroatoms. The fraction of sp³-hybridized carbons (Fsp3) is 0.529. The van der Waals surface area contributed by atoms with Crippen molar-refractivity contribution in [3.05, 3.63) is 24.3 Å². The summed E-state index contributed by atoms with van der Waals surface area (Å²) in [5.74, 6) is 0.968. The molecule has 1 heterocycles. The number of carbonyl (C=O) groups is 2. The van der Waals surface area contributed by atoms with Gasteiger partial charge in [-0.05, 0) is 62.5 Å². The van der Waals surface area contributed by atoms with Crippen LogP contribution in [0.1, 0.15) is 32.1 Å². The standard InChI is InChI=1S/C17H25N3O3.ClH/c18-16(21)9-12-23-15-4-2-14(3-5-15)20-17(22)6-1-13-7-10-19-11-8-13;/h2-5,13,19H,1,6-12H2,(H2,18,21)(H,20,22);1H. The van der Waals surface area contributed by atoms with E-state index in [9.17, 15) is 9.59 Å². The second kappa shape index (κ2) is 10.9. The van der Waals surface area contributed by atoms with Gasteiger partial charge in [-0.25, -0.2) is 0 Å². The van der Waals surface area contributed by atoms with Crippen molar-refractivity contribution >= 4 is 29.9 Å². The molecular weight excluding hydrogens is 330 g/mol. The summed E-state index contributed by atoms with van der Waals surface area (Å²) in [6, 6.07) is 7.12. The summed E-state index contributed by atoms with van der Waals surface area (Å²) in [5, 5.41) is 6.23. The number of amides is 2. The lowest BCUT2D eigenvalue weighted by Crippen LogP contribution is -2.28. The molecule has 0 aromatic heterocycles. The summed E-state index contributed by atoms with van der Waals surface area (Å²) < 4.78 is 5.38. The Morgan fingerprint density at radius 3 is 2.46 bits per heavy atom. The van der Waals surface area contributed by atoms with Gasteiger partial charge in [0.15, 0.2) is 0 Å². The first-order valence-corrected chi connectivity index (χ1v) is 8.15. The van der Waals surface area contributed by atoms with Crippen molar-refractivity contribution < 1.29 is 14.3 Å². The van der Waals surface area contributed by atoms with Crippen LogP contribution >= 0.6 is 12.4 Å². The molecule has 0 aliphatic carbocycles. The average Bonchev–Trinajstić information content (AvgIpc) is 2.55. The minimum atomic E-state index is -0.386. The normalized spacial score (nSPS) is 14.5. The third-order valence-electron chi connectivity index (χ3n) is 3.99. The van der Waals surface area contributed by atoms with Gasteiger partial charge >= 0.3 is 0 Å². The van der Waals surface area contributed by atoms with Crippen LogP contribution in [0, 0.1) is 5.92 Å². The highest BCUT2D eigenvalue weighted by Crippen LogP contribution is 2.19. The molecule has 1 aromatic rings. The molecule has 1 aliphatic rings. The van der Waals surface area contributed by atoms with Crippen LogP contribution in [0.5, 0.6) is 5.75 Å². The number of carbonyl (C=O) groups excluding carboxylic acids is 2. The van der Waals surface area contributed by atoms with E-state index >= 15 is 0 Å². The van der Waals surface area contributed by atoms with Crippen LogP contribution in [-0.2, 0) is 9.59 Å². The van der Waals surface area contributed by atoms with Crippen LogP contribution in [0.3, 0.4) is 0 Å². The van der Waals surface area contributed by atoms with Crippen molar-refractivity contribution in [2.24, 2.45) is 11.7 Å². The van der Waals surface area contributed by atoms with Crippen molar-refractivity contribution in [3.63, 3.8) is 0 Å². The molecule has 2 amide bonds. The SMILES string of the molecule is Cl.NC(=O)CCOc1ccc(NC(=O)CCC2CCNCC2)cc1. The van der Waals surface area contributed by atoms with Crippen molar-refractivity contribution in [3.8, 4) is 5.75 Å². The molecule has 4 N–H and O–H groups in total. The van der Waals surface area contributed by atoms with Gasteiger partial charge in [0, 0.05) is 12.1 Å². The number of nitrogens with one attached hydrogen (secondary N) is 2. The second-order valence-corrected chi connectivity index (χ2v) is 5.87. The van der Waals surface area contributed by atoms with Gasteiger partial charge in [0.1, 0.15) is 5.75 Å². The van der Waals surface area contributed by atoms with Crippen LogP contribution in [-0.4, -0.2) is 31.5 Å². The molecule has 0 unspecified atom stereocenters. The summed E-state index contributed by atoms with van der Waals surface area (Å²) in [7, 11) is 0. The minimum absolute atomic E-state index is 0. The number of primary amides is 1. The minimum Gasteiger partial charge on any atom is -0.493 e. The molecular formula is C17H26ClN3O3.